The third-order valence-corrected chi connectivity index (χ3v) is 3.78. The molecule has 126 valence electrons. The minimum Gasteiger partial charge on any atom is -0.348 e. The molecule has 0 aromatic carbocycles. The van der Waals surface area contributed by atoms with Gasteiger partial charge in [-0.05, 0) is 45.7 Å². The molecular weight excluding hydrogens is 316 g/mol. The number of hydrogen-bond acceptors (Lipinski definition) is 3. The van der Waals surface area contributed by atoms with Crippen molar-refractivity contribution in [2.75, 3.05) is 13.1 Å². The van der Waals surface area contributed by atoms with Crippen molar-refractivity contribution < 1.29 is 9.59 Å². The molecule has 1 aromatic rings. The molecular formula is C16H23ClN4O2. The molecule has 2 rings (SSSR count). The Kier molecular flexibility index (Phi) is 5.46. The highest BCUT2D eigenvalue weighted by Crippen LogP contribution is 2.13. The van der Waals surface area contributed by atoms with Crippen LogP contribution in [0.25, 0.3) is 0 Å². The van der Waals surface area contributed by atoms with E-state index < -0.39 is 0 Å². The number of likely N-dealkylation sites (tertiary alicyclic amines) is 1. The normalized spacial score (nSPS) is 16.1. The Labute approximate surface area is 141 Å². The fraction of sp³-hybridized carbons (Fsp3) is 0.562. The molecule has 2 N–H and O–H groups in total. The number of hydrogen-bond donors (Lipinski definition) is 2. The Morgan fingerprint density at radius 3 is 2.43 bits per heavy atom. The summed E-state index contributed by atoms with van der Waals surface area (Å²) in [6.45, 7) is 7.12. The number of halogens is 1. The molecule has 3 amide bonds. The highest BCUT2D eigenvalue weighted by molar-refractivity contribution is 6.30. The van der Waals surface area contributed by atoms with E-state index in [0.717, 1.165) is 12.8 Å². The number of aromatic nitrogens is 1. The van der Waals surface area contributed by atoms with Crippen LogP contribution in [0.2, 0.25) is 5.02 Å². The van der Waals surface area contributed by atoms with Gasteiger partial charge in [-0.15, -0.1) is 0 Å². The van der Waals surface area contributed by atoms with Crippen molar-refractivity contribution in [3.05, 3.63) is 29.0 Å². The van der Waals surface area contributed by atoms with Crippen LogP contribution in [0, 0.1) is 0 Å². The van der Waals surface area contributed by atoms with Crippen molar-refractivity contribution >= 4 is 23.5 Å². The average molecular weight is 339 g/mol. The highest BCUT2D eigenvalue weighted by atomic mass is 35.5. The van der Waals surface area contributed by atoms with E-state index in [0.29, 0.717) is 23.8 Å². The summed E-state index contributed by atoms with van der Waals surface area (Å²) in [7, 11) is 0. The molecule has 23 heavy (non-hydrogen) atoms. The van der Waals surface area contributed by atoms with Gasteiger partial charge in [0.15, 0.2) is 0 Å². The third kappa shape index (κ3) is 5.39. The van der Waals surface area contributed by atoms with Gasteiger partial charge in [-0.1, -0.05) is 11.6 Å². The smallest absolute Gasteiger partial charge is 0.317 e. The topological polar surface area (TPSA) is 74.3 Å². The molecule has 2 heterocycles. The molecule has 0 saturated carbocycles. The first kappa shape index (κ1) is 17.5. The molecule has 0 unspecified atom stereocenters. The van der Waals surface area contributed by atoms with Crippen molar-refractivity contribution in [1.82, 2.24) is 20.5 Å². The number of piperidine rings is 1. The zero-order valence-corrected chi connectivity index (χ0v) is 14.5. The van der Waals surface area contributed by atoms with Gasteiger partial charge in [-0.3, -0.25) is 4.79 Å². The third-order valence-electron chi connectivity index (χ3n) is 3.56. The predicted octanol–water partition coefficient (Wildman–Crippen LogP) is 2.44. The second-order valence-electron chi connectivity index (χ2n) is 6.78. The lowest BCUT2D eigenvalue weighted by molar-refractivity contribution is 0.0912. The summed E-state index contributed by atoms with van der Waals surface area (Å²) in [6.07, 6.45) is 2.92. The predicted molar refractivity (Wildman–Crippen MR) is 89.6 cm³/mol. The van der Waals surface area contributed by atoms with Crippen molar-refractivity contribution in [3.63, 3.8) is 0 Å². The number of nitrogens with zero attached hydrogens (tertiary/aromatic N) is 2. The zero-order chi connectivity index (χ0) is 17.0. The zero-order valence-electron chi connectivity index (χ0n) is 13.7. The summed E-state index contributed by atoms with van der Waals surface area (Å²) in [6, 6.07) is 3.24. The van der Waals surface area contributed by atoms with E-state index in [9.17, 15) is 9.59 Å². The number of nitrogens with one attached hydrogen (secondary N) is 2. The van der Waals surface area contributed by atoms with Crippen LogP contribution in [0.4, 0.5) is 4.79 Å². The molecule has 6 nitrogen and oxygen atoms in total. The number of amides is 3. The standard InChI is InChI=1S/C16H23ClN4O2/c1-16(2,3)20-15(23)21-8-6-12(7-9-21)19-14(22)13-5-4-11(17)10-18-13/h4-5,10,12H,6-9H2,1-3H3,(H,19,22)(H,20,23). The minimum absolute atomic E-state index is 0.0540. The van der Waals surface area contributed by atoms with Crippen molar-refractivity contribution in [3.8, 4) is 0 Å². The van der Waals surface area contributed by atoms with Gasteiger partial charge in [0.2, 0.25) is 0 Å². The van der Waals surface area contributed by atoms with E-state index in [2.05, 4.69) is 15.6 Å². The number of pyridine rings is 1. The fourth-order valence-electron chi connectivity index (χ4n) is 2.40. The lowest BCUT2D eigenvalue weighted by Gasteiger charge is -2.34. The summed E-state index contributed by atoms with van der Waals surface area (Å²) >= 11 is 5.76. The second-order valence-corrected chi connectivity index (χ2v) is 7.21. The quantitative estimate of drug-likeness (QED) is 0.869. The van der Waals surface area contributed by atoms with E-state index in [1.807, 2.05) is 20.8 Å². The Hall–Kier alpha value is -1.82. The molecule has 0 aliphatic carbocycles. The van der Waals surface area contributed by atoms with Gasteiger partial charge in [0, 0.05) is 30.9 Å². The van der Waals surface area contributed by atoms with E-state index in [1.165, 1.54) is 6.20 Å². The van der Waals surface area contributed by atoms with Gasteiger partial charge in [-0.2, -0.15) is 0 Å². The molecule has 1 saturated heterocycles. The maximum absolute atomic E-state index is 12.1. The van der Waals surface area contributed by atoms with Gasteiger partial charge in [0.1, 0.15) is 5.69 Å². The van der Waals surface area contributed by atoms with Crippen LogP contribution in [0.1, 0.15) is 44.1 Å². The van der Waals surface area contributed by atoms with E-state index >= 15 is 0 Å². The lowest BCUT2D eigenvalue weighted by Crippen LogP contribution is -2.53. The maximum Gasteiger partial charge on any atom is 0.317 e. The highest BCUT2D eigenvalue weighted by Gasteiger charge is 2.26. The molecule has 1 fully saturated rings. The van der Waals surface area contributed by atoms with Crippen molar-refractivity contribution in [2.24, 2.45) is 0 Å². The Morgan fingerprint density at radius 1 is 1.26 bits per heavy atom. The van der Waals surface area contributed by atoms with Crippen LogP contribution in [0.3, 0.4) is 0 Å². The van der Waals surface area contributed by atoms with Crippen molar-refractivity contribution in [1.29, 1.82) is 0 Å². The SMILES string of the molecule is CC(C)(C)NC(=O)N1CCC(NC(=O)c2ccc(Cl)cn2)CC1. The molecule has 1 aromatic heterocycles. The van der Waals surface area contributed by atoms with Gasteiger partial charge < -0.3 is 15.5 Å². The Balaban J connectivity index is 1.81. The maximum atomic E-state index is 12.1. The summed E-state index contributed by atoms with van der Waals surface area (Å²) < 4.78 is 0. The van der Waals surface area contributed by atoms with Crippen LogP contribution < -0.4 is 10.6 Å². The molecule has 0 radical (unpaired) electrons. The number of urea groups is 1. The summed E-state index contributed by atoms with van der Waals surface area (Å²) in [4.78, 5) is 30.0. The van der Waals surface area contributed by atoms with E-state index in [1.54, 1.807) is 17.0 Å². The Morgan fingerprint density at radius 2 is 1.91 bits per heavy atom. The van der Waals surface area contributed by atoms with E-state index in [4.69, 9.17) is 11.6 Å². The van der Waals surface area contributed by atoms with Gasteiger partial charge >= 0.3 is 6.03 Å². The molecule has 7 heteroatoms. The first-order valence-corrected chi connectivity index (χ1v) is 8.12. The van der Waals surface area contributed by atoms with Crippen LogP contribution in [-0.2, 0) is 0 Å². The van der Waals surface area contributed by atoms with Crippen LogP contribution in [0.5, 0.6) is 0 Å². The molecule has 0 bridgehead atoms. The lowest BCUT2D eigenvalue weighted by atomic mass is 10.0. The van der Waals surface area contributed by atoms with E-state index in [-0.39, 0.29) is 23.5 Å². The molecule has 1 aliphatic heterocycles. The summed E-state index contributed by atoms with van der Waals surface area (Å²) in [5, 5.41) is 6.41. The molecule has 1 aliphatic rings. The largest absolute Gasteiger partial charge is 0.348 e. The van der Waals surface area contributed by atoms with Crippen LogP contribution >= 0.6 is 11.6 Å². The van der Waals surface area contributed by atoms with Crippen molar-refractivity contribution in [2.45, 2.75) is 45.2 Å². The van der Waals surface area contributed by atoms with Gasteiger partial charge in [0.05, 0.1) is 5.02 Å². The molecule has 0 atom stereocenters. The average Bonchev–Trinajstić information content (AvgIpc) is 2.46. The first-order valence-electron chi connectivity index (χ1n) is 7.74. The fourth-order valence-corrected chi connectivity index (χ4v) is 2.51. The molecule has 0 spiro atoms. The minimum atomic E-state index is -0.248. The summed E-state index contributed by atoms with van der Waals surface area (Å²) in [5.41, 5.74) is 0.102. The number of carbonyl (C=O) groups is 2. The number of rotatable bonds is 2. The van der Waals surface area contributed by atoms with Gasteiger partial charge in [0.25, 0.3) is 5.91 Å². The van der Waals surface area contributed by atoms with Crippen LogP contribution in [0.15, 0.2) is 18.3 Å². The Bertz CT molecular complexity index is 560. The second kappa shape index (κ2) is 7.17. The van der Waals surface area contributed by atoms with Gasteiger partial charge in [-0.25, -0.2) is 9.78 Å². The van der Waals surface area contributed by atoms with Crippen LogP contribution in [-0.4, -0.2) is 46.5 Å². The number of carbonyl (C=O) groups excluding carboxylic acids is 2. The first-order chi connectivity index (χ1) is 10.7. The summed E-state index contributed by atoms with van der Waals surface area (Å²) in [5.74, 6) is -0.209. The monoisotopic (exact) mass is 338 g/mol.